The highest BCUT2D eigenvalue weighted by Gasteiger charge is 2.27. The molecule has 112 valence electrons. The molecule has 19 heavy (non-hydrogen) atoms. The molecule has 0 spiro atoms. The second-order valence-electron chi connectivity index (χ2n) is 5.80. The minimum atomic E-state index is -0.624. The molecule has 4 unspecified atom stereocenters. The van der Waals surface area contributed by atoms with Gasteiger partial charge in [-0.05, 0) is 32.4 Å². The fourth-order valence-corrected chi connectivity index (χ4v) is 2.89. The largest absolute Gasteiger partial charge is 0.390 e. The fourth-order valence-electron chi connectivity index (χ4n) is 2.89. The molecule has 0 aromatic carbocycles. The summed E-state index contributed by atoms with van der Waals surface area (Å²) in [5.41, 5.74) is 0. The van der Waals surface area contributed by atoms with Gasteiger partial charge in [-0.1, -0.05) is 0 Å². The maximum Gasteiger partial charge on any atom is 0.0926 e. The zero-order valence-electron chi connectivity index (χ0n) is 11.4. The van der Waals surface area contributed by atoms with Crippen LogP contribution in [0.1, 0.15) is 19.3 Å². The Bertz CT molecular complexity index is 253. The summed E-state index contributed by atoms with van der Waals surface area (Å²) in [6.45, 7) is 4.56. The van der Waals surface area contributed by atoms with E-state index in [0.717, 1.165) is 32.6 Å². The third kappa shape index (κ3) is 4.37. The van der Waals surface area contributed by atoms with Crippen LogP contribution in [-0.2, 0) is 0 Å². The standard InChI is InChI=1S/C13H26N2O4/c16-10-2-6-14(8-12(10)18)4-1-5-15-7-3-11(17)13(19)9-15/h10-13,16-19H,1-9H2. The van der Waals surface area contributed by atoms with Gasteiger partial charge in [-0.2, -0.15) is 0 Å². The first-order valence-corrected chi connectivity index (χ1v) is 7.23. The molecule has 2 aliphatic heterocycles. The van der Waals surface area contributed by atoms with Crippen molar-refractivity contribution in [2.45, 2.75) is 43.7 Å². The first-order valence-electron chi connectivity index (χ1n) is 7.23. The molecule has 0 aromatic heterocycles. The summed E-state index contributed by atoms with van der Waals surface area (Å²) in [6, 6.07) is 0. The minimum Gasteiger partial charge on any atom is -0.390 e. The van der Waals surface area contributed by atoms with Gasteiger partial charge in [0, 0.05) is 26.2 Å². The van der Waals surface area contributed by atoms with Crippen LogP contribution in [0.5, 0.6) is 0 Å². The quantitative estimate of drug-likeness (QED) is 0.485. The first kappa shape index (κ1) is 15.2. The van der Waals surface area contributed by atoms with E-state index in [2.05, 4.69) is 9.80 Å². The number of β-amino-alcohol motifs (C(OH)–C–C–N with tert-alkyl or cyclic N) is 2. The molecule has 6 heteroatoms. The molecule has 4 atom stereocenters. The average molecular weight is 274 g/mol. The summed E-state index contributed by atoms with van der Waals surface area (Å²) < 4.78 is 0. The molecular formula is C13H26N2O4. The van der Waals surface area contributed by atoms with Gasteiger partial charge < -0.3 is 30.2 Å². The van der Waals surface area contributed by atoms with Gasteiger partial charge in [0.2, 0.25) is 0 Å². The number of aliphatic hydroxyl groups is 4. The smallest absolute Gasteiger partial charge is 0.0926 e. The van der Waals surface area contributed by atoms with Crippen molar-refractivity contribution >= 4 is 0 Å². The van der Waals surface area contributed by atoms with Crippen molar-refractivity contribution in [3.8, 4) is 0 Å². The summed E-state index contributed by atoms with van der Waals surface area (Å²) in [7, 11) is 0. The Morgan fingerprint density at radius 3 is 1.47 bits per heavy atom. The molecule has 2 saturated heterocycles. The van der Waals surface area contributed by atoms with E-state index in [0.29, 0.717) is 25.9 Å². The number of hydrogen-bond acceptors (Lipinski definition) is 6. The minimum absolute atomic E-state index is 0.544. The third-order valence-corrected chi connectivity index (χ3v) is 4.21. The van der Waals surface area contributed by atoms with Crippen LogP contribution in [0.15, 0.2) is 0 Å². The molecule has 2 fully saturated rings. The Kier molecular flexibility index (Phi) is 5.56. The fraction of sp³-hybridized carbons (Fsp3) is 1.00. The predicted molar refractivity (Wildman–Crippen MR) is 70.8 cm³/mol. The summed E-state index contributed by atoms with van der Waals surface area (Å²) >= 11 is 0. The van der Waals surface area contributed by atoms with E-state index in [1.54, 1.807) is 0 Å². The Labute approximate surface area is 114 Å². The number of hydrogen-bond donors (Lipinski definition) is 4. The van der Waals surface area contributed by atoms with Gasteiger partial charge in [-0.3, -0.25) is 0 Å². The van der Waals surface area contributed by atoms with E-state index >= 15 is 0 Å². The van der Waals surface area contributed by atoms with Gasteiger partial charge in [0.05, 0.1) is 24.4 Å². The van der Waals surface area contributed by atoms with Crippen molar-refractivity contribution in [2.75, 3.05) is 39.3 Å². The highest BCUT2D eigenvalue weighted by molar-refractivity contribution is 4.81. The molecule has 0 saturated carbocycles. The molecule has 2 heterocycles. The van der Waals surface area contributed by atoms with Crippen molar-refractivity contribution in [1.29, 1.82) is 0 Å². The average Bonchev–Trinajstić information content (AvgIpc) is 2.38. The molecule has 6 nitrogen and oxygen atoms in total. The summed E-state index contributed by atoms with van der Waals surface area (Å²) in [6.07, 6.45) is -0.150. The Morgan fingerprint density at radius 2 is 1.11 bits per heavy atom. The second-order valence-corrected chi connectivity index (χ2v) is 5.80. The van der Waals surface area contributed by atoms with Gasteiger partial charge in [0.1, 0.15) is 0 Å². The van der Waals surface area contributed by atoms with Gasteiger partial charge in [0.25, 0.3) is 0 Å². The number of piperidine rings is 2. The van der Waals surface area contributed by atoms with Crippen molar-refractivity contribution in [3.63, 3.8) is 0 Å². The molecule has 4 N–H and O–H groups in total. The van der Waals surface area contributed by atoms with Crippen LogP contribution in [0.3, 0.4) is 0 Å². The van der Waals surface area contributed by atoms with Crippen LogP contribution in [-0.4, -0.2) is 93.9 Å². The van der Waals surface area contributed by atoms with E-state index in [9.17, 15) is 20.4 Å². The summed E-state index contributed by atoms with van der Waals surface area (Å²) in [5, 5.41) is 38.1. The van der Waals surface area contributed by atoms with Gasteiger partial charge in [-0.25, -0.2) is 0 Å². The SMILES string of the molecule is OC1CCN(CCCN2CCC(O)C(O)C2)CC1O. The molecule has 0 aromatic rings. The van der Waals surface area contributed by atoms with Gasteiger partial charge >= 0.3 is 0 Å². The number of nitrogens with zero attached hydrogens (tertiary/aromatic N) is 2. The zero-order valence-corrected chi connectivity index (χ0v) is 11.4. The van der Waals surface area contributed by atoms with Crippen molar-refractivity contribution < 1.29 is 20.4 Å². The molecule has 2 aliphatic rings. The van der Waals surface area contributed by atoms with E-state index < -0.39 is 24.4 Å². The van der Waals surface area contributed by atoms with E-state index in [1.165, 1.54) is 0 Å². The highest BCUT2D eigenvalue weighted by atomic mass is 16.3. The Hall–Kier alpha value is -0.240. The zero-order chi connectivity index (χ0) is 13.8. The van der Waals surface area contributed by atoms with Crippen molar-refractivity contribution in [3.05, 3.63) is 0 Å². The Balaban J connectivity index is 1.61. The maximum absolute atomic E-state index is 9.60. The predicted octanol–water partition coefficient (Wildman–Crippen LogP) is -1.77. The summed E-state index contributed by atoms with van der Waals surface area (Å²) in [4.78, 5) is 4.35. The van der Waals surface area contributed by atoms with Crippen LogP contribution in [0.2, 0.25) is 0 Å². The van der Waals surface area contributed by atoms with Gasteiger partial charge in [0.15, 0.2) is 0 Å². The van der Waals surface area contributed by atoms with Crippen LogP contribution in [0, 0.1) is 0 Å². The molecule has 0 amide bonds. The topological polar surface area (TPSA) is 87.4 Å². The lowest BCUT2D eigenvalue weighted by molar-refractivity contribution is -0.0450. The molecule has 2 rings (SSSR count). The Morgan fingerprint density at radius 1 is 0.684 bits per heavy atom. The molecule has 0 radical (unpaired) electrons. The van der Waals surface area contributed by atoms with E-state index in [4.69, 9.17) is 0 Å². The van der Waals surface area contributed by atoms with E-state index in [-0.39, 0.29) is 0 Å². The molecule has 0 aliphatic carbocycles. The number of likely N-dealkylation sites (tertiary alicyclic amines) is 2. The van der Waals surface area contributed by atoms with E-state index in [1.807, 2.05) is 0 Å². The lowest BCUT2D eigenvalue weighted by atomic mass is 10.0. The third-order valence-electron chi connectivity index (χ3n) is 4.21. The molecular weight excluding hydrogens is 248 g/mol. The van der Waals surface area contributed by atoms with Crippen LogP contribution < -0.4 is 0 Å². The van der Waals surface area contributed by atoms with Gasteiger partial charge in [-0.15, -0.1) is 0 Å². The van der Waals surface area contributed by atoms with Crippen LogP contribution in [0.4, 0.5) is 0 Å². The monoisotopic (exact) mass is 274 g/mol. The first-order chi connectivity index (χ1) is 9.06. The normalized spacial score (nSPS) is 38.5. The lowest BCUT2D eigenvalue weighted by Crippen LogP contribution is -2.49. The summed E-state index contributed by atoms with van der Waals surface area (Å²) in [5.74, 6) is 0. The number of aliphatic hydroxyl groups excluding tert-OH is 4. The van der Waals surface area contributed by atoms with Crippen LogP contribution in [0.25, 0.3) is 0 Å². The van der Waals surface area contributed by atoms with Crippen molar-refractivity contribution in [1.82, 2.24) is 9.80 Å². The van der Waals surface area contributed by atoms with Crippen molar-refractivity contribution in [2.24, 2.45) is 0 Å². The highest BCUT2D eigenvalue weighted by Crippen LogP contribution is 2.13. The lowest BCUT2D eigenvalue weighted by Gasteiger charge is -2.35. The number of rotatable bonds is 4. The maximum atomic E-state index is 9.60. The van der Waals surface area contributed by atoms with Crippen LogP contribution >= 0.6 is 0 Å². The molecule has 0 bridgehead atoms. The second kappa shape index (κ2) is 6.97.